The van der Waals surface area contributed by atoms with E-state index in [1.807, 2.05) is 4.72 Å². The summed E-state index contributed by atoms with van der Waals surface area (Å²) in [4.78, 5) is 14.8. The molecule has 0 saturated carbocycles. The first-order chi connectivity index (χ1) is 15.5. The number of carbonyl (C=O) groups excluding carboxylic acids is 1. The lowest BCUT2D eigenvalue weighted by molar-refractivity contribution is -0.137. The minimum Gasteiger partial charge on any atom is -0.454 e. The second-order valence-electron chi connectivity index (χ2n) is 6.82. The van der Waals surface area contributed by atoms with Crippen molar-refractivity contribution in [1.29, 1.82) is 0 Å². The van der Waals surface area contributed by atoms with Crippen molar-refractivity contribution in [2.75, 3.05) is 10.0 Å². The van der Waals surface area contributed by atoms with Crippen molar-refractivity contribution in [3.05, 3.63) is 71.7 Å². The Balaban J connectivity index is 1.55. The molecule has 0 aliphatic carbocycles. The summed E-state index contributed by atoms with van der Waals surface area (Å²) in [7, 11) is -4.42. The van der Waals surface area contributed by atoms with Crippen LogP contribution in [0.1, 0.15) is 11.1 Å². The fourth-order valence-electron chi connectivity index (χ4n) is 2.99. The van der Waals surface area contributed by atoms with Crippen molar-refractivity contribution < 1.29 is 35.5 Å². The smallest absolute Gasteiger partial charge is 0.416 e. The third-order valence-electron chi connectivity index (χ3n) is 4.55. The van der Waals surface area contributed by atoms with Gasteiger partial charge in [-0.3, -0.25) is 10.0 Å². The molecule has 0 radical (unpaired) electrons. The molecule has 0 unspecified atom stereocenters. The highest BCUT2D eigenvalue weighted by molar-refractivity contribution is 7.92. The van der Waals surface area contributed by atoms with E-state index in [1.165, 1.54) is 18.3 Å². The molecule has 1 aromatic heterocycles. The van der Waals surface area contributed by atoms with Gasteiger partial charge in [-0.15, -0.1) is 0 Å². The zero-order chi connectivity index (χ0) is 23.8. The standard InChI is InChI=1S/C20H14F4N4O4S/c21-15-9-12(28-33(30,31)13-3-1-2-11(8-13)20(22,23)24)4-5-17(15)32-16-6-7-25-18-14(16)10-26-19(29)27-18/h1-9,28H,10H2,(H2,25,26,27,29). The van der Waals surface area contributed by atoms with Crippen molar-refractivity contribution in [1.82, 2.24) is 10.3 Å². The van der Waals surface area contributed by atoms with E-state index in [9.17, 15) is 30.8 Å². The molecule has 3 N–H and O–H groups in total. The third kappa shape index (κ3) is 4.82. The zero-order valence-corrected chi connectivity index (χ0v) is 17.2. The highest BCUT2D eigenvalue weighted by atomic mass is 32.2. The maximum atomic E-state index is 14.6. The number of hydrogen-bond donors (Lipinski definition) is 3. The fraction of sp³-hybridized carbons (Fsp3) is 0.100. The molecule has 0 spiro atoms. The van der Waals surface area contributed by atoms with E-state index < -0.39 is 38.5 Å². The molecule has 1 aliphatic rings. The summed E-state index contributed by atoms with van der Waals surface area (Å²) in [5.74, 6) is -0.717. The van der Waals surface area contributed by atoms with Gasteiger partial charge in [-0.2, -0.15) is 13.2 Å². The normalized spacial score (nSPS) is 13.5. The molecule has 2 aromatic carbocycles. The average molecular weight is 482 g/mol. The molecule has 0 bridgehead atoms. The molecule has 2 heterocycles. The first-order valence-corrected chi connectivity index (χ1v) is 10.7. The molecule has 1 aliphatic heterocycles. The van der Waals surface area contributed by atoms with Gasteiger partial charge in [0.25, 0.3) is 10.0 Å². The van der Waals surface area contributed by atoms with Gasteiger partial charge in [0.05, 0.1) is 28.3 Å². The molecule has 172 valence electrons. The lowest BCUT2D eigenvalue weighted by Gasteiger charge is -2.20. The van der Waals surface area contributed by atoms with Crippen LogP contribution >= 0.6 is 0 Å². The van der Waals surface area contributed by atoms with Crippen LogP contribution < -0.4 is 20.1 Å². The van der Waals surface area contributed by atoms with Gasteiger partial charge >= 0.3 is 12.2 Å². The van der Waals surface area contributed by atoms with Gasteiger partial charge in [0, 0.05) is 12.3 Å². The van der Waals surface area contributed by atoms with Gasteiger partial charge < -0.3 is 10.1 Å². The molecule has 13 heteroatoms. The van der Waals surface area contributed by atoms with Crippen molar-refractivity contribution in [2.45, 2.75) is 17.6 Å². The predicted octanol–water partition coefficient (Wildman–Crippen LogP) is 4.47. The number of fused-ring (bicyclic) bond motifs is 1. The number of hydrogen-bond acceptors (Lipinski definition) is 5. The number of amides is 2. The van der Waals surface area contributed by atoms with Crippen LogP contribution in [0.3, 0.4) is 0 Å². The zero-order valence-electron chi connectivity index (χ0n) is 16.4. The van der Waals surface area contributed by atoms with Crippen LogP contribution in [-0.2, 0) is 22.7 Å². The Bertz CT molecular complexity index is 1350. The molecule has 33 heavy (non-hydrogen) atoms. The number of sulfonamides is 1. The number of carbonyl (C=O) groups is 1. The number of ether oxygens (including phenoxy) is 1. The first-order valence-electron chi connectivity index (χ1n) is 9.23. The highest BCUT2D eigenvalue weighted by Crippen LogP contribution is 2.34. The number of nitrogens with one attached hydrogen (secondary N) is 3. The van der Waals surface area contributed by atoms with Gasteiger partial charge in [0.1, 0.15) is 11.6 Å². The van der Waals surface area contributed by atoms with Crippen LogP contribution in [0.5, 0.6) is 11.5 Å². The Morgan fingerprint density at radius 3 is 2.58 bits per heavy atom. The number of rotatable bonds is 5. The monoisotopic (exact) mass is 482 g/mol. The van der Waals surface area contributed by atoms with Crippen molar-refractivity contribution in [3.63, 3.8) is 0 Å². The van der Waals surface area contributed by atoms with E-state index in [0.29, 0.717) is 11.6 Å². The van der Waals surface area contributed by atoms with Crippen LogP contribution in [0.25, 0.3) is 0 Å². The largest absolute Gasteiger partial charge is 0.454 e. The third-order valence-corrected chi connectivity index (χ3v) is 5.93. The lowest BCUT2D eigenvalue weighted by Crippen LogP contribution is -2.34. The number of aromatic nitrogens is 1. The van der Waals surface area contributed by atoms with Crippen LogP contribution in [0.2, 0.25) is 0 Å². The molecular weight excluding hydrogens is 468 g/mol. The van der Waals surface area contributed by atoms with E-state index >= 15 is 0 Å². The number of pyridine rings is 1. The maximum Gasteiger partial charge on any atom is 0.416 e. The Hall–Kier alpha value is -3.87. The summed E-state index contributed by atoms with van der Waals surface area (Å²) >= 11 is 0. The summed E-state index contributed by atoms with van der Waals surface area (Å²) < 4.78 is 85.8. The minimum absolute atomic E-state index is 0.0980. The number of alkyl halides is 3. The van der Waals surface area contributed by atoms with E-state index in [-0.39, 0.29) is 29.5 Å². The molecule has 0 saturated heterocycles. The summed E-state index contributed by atoms with van der Waals surface area (Å²) in [6.07, 6.45) is -3.36. The summed E-state index contributed by atoms with van der Waals surface area (Å²) in [6, 6.07) is 7.36. The summed E-state index contributed by atoms with van der Waals surface area (Å²) in [5, 5.41) is 5.01. The van der Waals surface area contributed by atoms with Crippen LogP contribution in [0, 0.1) is 5.82 Å². The molecule has 0 fully saturated rings. The maximum absolute atomic E-state index is 14.6. The number of anilines is 2. The SMILES string of the molecule is O=C1NCc2c(Oc3ccc(NS(=O)(=O)c4cccc(C(F)(F)F)c4)cc3F)ccnc2N1. The van der Waals surface area contributed by atoms with Gasteiger partial charge in [0.2, 0.25) is 0 Å². The number of urea groups is 1. The van der Waals surface area contributed by atoms with Gasteiger partial charge in [-0.05, 0) is 36.4 Å². The molecule has 8 nitrogen and oxygen atoms in total. The minimum atomic E-state index is -4.72. The molecule has 4 rings (SSSR count). The van der Waals surface area contributed by atoms with Crippen molar-refractivity contribution in [2.24, 2.45) is 0 Å². The topological polar surface area (TPSA) is 109 Å². The van der Waals surface area contributed by atoms with E-state index in [4.69, 9.17) is 4.74 Å². The second-order valence-corrected chi connectivity index (χ2v) is 8.50. The van der Waals surface area contributed by atoms with Gasteiger partial charge in [-0.25, -0.2) is 22.6 Å². The molecule has 0 atom stereocenters. The predicted molar refractivity (Wildman–Crippen MR) is 109 cm³/mol. The van der Waals surface area contributed by atoms with Gasteiger partial charge in [-0.1, -0.05) is 6.07 Å². The van der Waals surface area contributed by atoms with Crippen LogP contribution in [0.4, 0.5) is 33.9 Å². The van der Waals surface area contributed by atoms with E-state index in [0.717, 1.165) is 30.3 Å². The molecular formula is C20H14F4N4O4S. The Morgan fingerprint density at radius 2 is 1.85 bits per heavy atom. The Morgan fingerprint density at radius 1 is 1.06 bits per heavy atom. The quantitative estimate of drug-likeness (QED) is 0.465. The summed E-state index contributed by atoms with van der Waals surface area (Å²) in [6.45, 7) is 0.0980. The Labute approximate surface area is 184 Å². The molecule has 2 amide bonds. The number of halogens is 4. The van der Waals surface area contributed by atoms with Crippen LogP contribution in [-0.4, -0.2) is 19.4 Å². The highest BCUT2D eigenvalue weighted by Gasteiger charge is 2.31. The lowest BCUT2D eigenvalue weighted by atomic mass is 10.2. The first kappa shape index (κ1) is 22.3. The fourth-order valence-corrected chi connectivity index (χ4v) is 4.08. The van der Waals surface area contributed by atoms with Crippen LogP contribution in [0.15, 0.2) is 59.6 Å². The van der Waals surface area contributed by atoms with E-state index in [2.05, 4.69) is 15.6 Å². The number of nitrogens with zero attached hydrogens (tertiary/aromatic N) is 1. The van der Waals surface area contributed by atoms with Gasteiger partial charge in [0.15, 0.2) is 11.6 Å². The number of benzene rings is 2. The second kappa shape index (κ2) is 8.24. The Kier molecular flexibility index (Phi) is 5.57. The average Bonchev–Trinajstić information content (AvgIpc) is 2.75. The summed E-state index contributed by atoms with van der Waals surface area (Å²) in [5.41, 5.74) is -0.875. The van der Waals surface area contributed by atoms with Crippen molar-refractivity contribution in [3.8, 4) is 11.5 Å². The van der Waals surface area contributed by atoms with Crippen molar-refractivity contribution >= 4 is 27.6 Å². The molecule has 3 aromatic rings. The van der Waals surface area contributed by atoms with E-state index in [1.54, 1.807) is 0 Å².